The van der Waals surface area contributed by atoms with Crippen molar-refractivity contribution in [1.82, 2.24) is 25.1 Å². The van der Waals surface area contributed by atoms with Crippen LogP contribution < -0.4 is 10.2 Å². The number of amides is 2. The zero-order valence-corrected chi connectivity index (χ0v) is 19.0. The number of imidazole rings is 1. The summed E-state index contributed by atoms with van der Waals surface area (Å²) < 4.78 is 0. The molecule has 8 nitrogen and oxygen atoms in total. The Labute approximate surface area is 194 Å². The van der Waals surface area contributed by atoms with Crippen molar-refractivity contribution >= 4 is 17.5 Å². The molecule has 2 bridgehead atoms. The molecule has 2 N–H and O–H groups in total. The second-order valence-electron chi connectivity index (χ2n) is 9.87. The van der Waals surface area contributed by atoms with Crippen LogP contribution in [0.1, 0.15) is 43.4 Å². The molecule has 1 aromatic carbocycles. The summed E-state index contributed by atoms with van der Waals surface area (Å²) in [5.74, 6) is -0.190. The number of fused-ring (bicyclic) bond motifs is 4. The van der Waals surface area contributed by atoms with Crippen molar-refractivity contribution in [2.45, 2.75) is 50.2 Å². The fourth-order valence-electron chi connectivity index (χ4n) is 6.75. The molecule has 0 unspecified atom stereocenters. The third kappa shape index (κ3) is 3.22. The highest BCUT2D eigenvalue weighted by Crippen LogP contribution is 2.57. The van der Waals surface area contributed by atoms with Gasteiger partial charge >= 0.3 is 0 Å². The van der Waals surface area contributed by atoms with Crippen LogP contribution in [0.3, 0.4) is 0 Å². The summed E-state index contributed by atoms with van der Waals surface area (Å²) >= 11 is 0. The minimum atomic E-state index is -0.842. The summed E-state index contributed by atoms with van der Waals surface area (Å²) in [7, 11) is 0. The van der Waals surface area contributed by atoms with Gasteiger partial charge < -0.3 is 15.2 Å². The highest BCUT2D eigenvalue weighted by atomic mass is 16.2. The lowest BCUT2D eigenvalue weighted by Gasteiger charge is -2.37. The van der Waals surface area contributed by atoms with Gasteiger partial charge in [0.2, 0.25) is 5.91 Å². The van der Waals surface area contributed by atoms with Crippen molar-refractivity contribution in [2.24, 2.45) is 5.92 Å². The van der Waals surface area contributed by atoms with Gasteiger partial charge in [-0.05, 0) is 44.7 Å². The SMILES string of the molecule is O=C1NCCCN(Cc2cnc[nH]2)CCCN2C(=O)[C@@]3(c4ccccc42)[C@H]1C[C@@H]1CCCN13. The maximum Gasteiger partial charge on any atom is 0.253 e. The number of hydrogen-bond acceptors (Lipinski definition) is 5. The Kier molecular flexibility index (Phi) is 5.22. The molecule has 6 rings (SSSR count). The number of nitrogens with zero attached hydrogens (tertiary/aromatic N) is 4. The number of anilines is 1. The van der Waals surface area contributed by atoms with E-state index >= 15 is 0 Å². The standard InChI is InChI=1S/C25H32N6O2/c32-23-21-14-19-6-3-13-31(19)25(21)20-7-1-2-8-22(20)30(24(25)33)12-5-11-29(10-4-9-27-23)16-18-15-26-17-28-18/h1-2,7-8,15,17,19,21H,3-6,9-14,16H2,(H,26,28)(H,27,32)/t19-,21-,25+/m0/s1. The van der Waals surface area contributed by atoms with E-state index in [2.05, 4.69) is 37.2 Å². The number of hydrogen-bond donors (Lipinski definition) is 2. The van der Waals surface area contributed by atoms with Gasteiger partial charge in [0.15, 0.2) is 0 Å². The van der Waals surface area contributed by atoms with Gasteiger partial charge in [0.25, 0.3) is 5.91 Å². The third-order valence-electron chi connectivity index (χ3n) is 8.09. The summed E-state index contributed by atoms with van der Waals surface area (Å²) in [6.45, 7) is 4.77. The summed E-state index contributed by atoms with van der Waals surface area (Å²) in [5.41, 5.74) is 2.27. The molecule has 3 fully saturated rings. The first-order chi connectivity index (χ1) is 16.2. The van der Waals surface area contributed by atoms with Crippen LogP contribution in [-0.4, -0.2) is 70.3 Å². The van der Waals surface area contributed by atoms with Crippen molar-refractivity contribution in [1.29, 1.82) is 0 Å². The van der Waals surface area contributed by atoms with Crippen molar-refractivity contribution in [3.05, 3.63) is 48.0 Å². The van der Waals surface area contributed by atoms with E-state index in [4.69, 9.17) is 0 Å². The Morgan fingerprint density at radius 3 is 2.82 bits per heavy atom. The van der Waals surface area contributed by atoms with Gasteiger partial charge in [0.1, 0.15) is 5.54 Å². The number of carbonyl (C=O) groups is 2. The van der Waals surface area contributed by atoms with E-state index in [0.717, 1.165) is 75.2 Å². The van der Waals surface area contributed by atoms with E-state index in [1.54, 1.807) is 6.33 Å². The van der Waals surface area contributed by atoms with Crippen molar-refractivity contribution in [3.8, 4) is 0 Å². The zero-order chi connectivity index (χ0) is 22.4. The number of carbonyl (C=O) groups excluding carboxylic acids is 2. The molecule has 4 aliphatic rings. The van der Waals surface area contributed by atoms with Gasteiger partial charge in [-0.2, -0.15) is 0 Å². The largest absolute Gasteiger partial charge is 0.356 e. The first kappa shape index (κ1) is 20.9. The number of aromatic nitrogens is 2. The van der Waals surface area contributed by atoms with Crippen molar-refractivity contribution in [2.75, 3.05) is 37.6 Å². The van der Waals surface area contributed by atoms with E-state index < -0.39 is 5.54 Å². The molecule has 0 aliphatic carbocycles. The fraction of sp³-hybridized carbons (Fsp3) is 0.560. The third-order valence-corrected chi connectivity index (χ3v) is 8.09. The van der Waals surface area contributed by atoms with Crippen LogP contribution in [0.15, 0.2) is 36.8 Å². The minimum Gasteiger partial charge on any atom is -0.356 e. The molecular weight excluding hydrogens is 416 g/mol. The van der Waals surface area contributed by atoms with Crippen LogP contribution in [0, 0.1) is 5.92 Å². The van der Waals surface area contributed by atoms with Crippen LogP contribution in [0.25, 0.3) is 0 Å². The second kappa shape index (κ2) is 8.25. The highest BCUT2D eigenvalue weighted by molar-refractivity contribution is 6.10. The summed E-state index contributed by atoms with van der Waals surface area (Å²) in [6, 6.07) is 8.50. The van der Waals surface area contributed by atoms with Crippen molar-refractivity contribution < 1.29 is 9.59 Å². The van der Waals surface area contributed by atoms with E-state index in [-0.39, 0.29) is 17.7 Å². The molecule has 0 radical (unpaired) electrons. The molecular formula is C25H32N6O2. The van der Waals surface area contributed by atoms with Gasteiger partial charge in [-0.15, -0.1) is 0 Å². The molecule has 1 aromatic heterocycles. The van der Waals surface area contributed by atoms with Gasteiger partial charge in [0.05, 0.1) is 12.2 Å². The minimum absolute atomic E-state index is 0.0359. The molecule has 174 valence electrons. The van der Waals surface area contributed by atoms with Crippen molar-refractivity contribution in [3.63, 3.8) is 0 Å². The molecule has 2 amide bonds. The number of para-hydroxylation sites is 1. The maximum atomic E-state index is 14.3. The predicted octanol–water partition coefficient (Wildman–Crippen LogP) is 1.85. The number of nitrogens with one attached hydrogen (secondary N) is 2. The number of rotatable bonds is 2. The molecule has 8 heteroatoms. The summed E-state index contributed by atoms with van der Waals surface area (Å²) in [6.07, 6.45) is 8.29. The van der Waals surface area contributed by atoms with Gasteiger partial charge in [0, 0.05) is 61.9 Å². The first-order valence-corrected chi connectivity index (χ1v) is 12.3. The predicted molar refractivity (Wildman–Crippen MR) is 124 cm³/mol. The molecule has 3 atom stereocenters. The van der Waals surface area contributed by atoms with Crippen LogP contribution in [0.5, 0.6) is 0 Å². The molecule has 33 heavy (non-hydrogen) atoms. The average Bonchev–Trinajstić information content (AvgIpc) is 3.58. The number of H-pyrrole nitrogens is 1. The van der Waals surface area contributed by atoms with Crippen LogP contribution >= 0.6 is 0 Å². The Morgan fingerprint density at radius 2 is 1.94 bits per heavy atom. The quantitative estimate of drug-likeness (QED) is 0.733. The van der Waals surface area contributed by atoms with E-state index in [9.17, 15) is 9.59 Å². The Balaban J connectivity index is 1.36. The second-order valence-corrected chi connectivity index (χ2v) is 9.87. The van der Waals surface area contributed by atoms with E-state index in [1.165, 1.54) is 0 Å². The monoisotopic (exact) mass is 448 g/mol. The smallest absolute Gasteiger partial charge is 0.253 e. The maximum absolute atomic E-state index is 14.3. The van der Waals surface area contributed by atoms with Gasteiger partial charge in [-0.3, -0.25) is 19.4 Å². The molecule has 2 aromatic rings. The highest BCUT2D eigenvalue weighted by Gasteiger charge is 2.66. The summed E-state index contributed by atoms with van der Waals surface area (Å²) in [5, 5.41) is 3.21. The molecule has 0 saturated carbocycles. The Bertz CT molecular complexity index is 1040. The molecule has 1 spiro atoms. The Morgan fingerprint density at radius 1 is 1.06 bits per heavy atom. The lowest BCUT2D eigenvalue weighted by molar-refractivity contribution is -0.138. The van der Waals surface area contributed by atoms with Crippen LogP contribution in [0.2, 0.25) is 0 Å². The number of aromatic amines is 1. The first-order valence-electron chi connectivity index (χ1n) is 12.3. The molecule has 3 saturated heterocycles. The van der Waals surface area contributed by atoms with Crippen LogP contribution in [-0.2, 0) is 21.7 Å². The van der Waals surface area contributed by atoms with Crippen LogP contribution in [0.4, 0.5) is 5.69 Å². The van der Waals surface area contributed by atoms with E-state index in [0.29, 0.717) is 19.1 Å². The lowest BCUT2D eigenvalue weighted by atomic mass is 9.78. The lowest BCUT2D eigenvalue weighted by Crippen LogP contribution is -2.56. The van der Waals surface area contributed by atoms with E-state index in [1.807, 2.05) is 23.2 Å². The van der Waals surface area contributed by atoms with Gasteiger partial charge in [-0.1, -0.05) is 18.2 Å². The topological polar surface area (TPSA) is 84.6 Å². The number of benzene rings is 1. The summed E-state index contributed by atoms with van der Waals surface area (Å²) in [4.78, 5) is 41.9. The fourth-order valence-corrected chi connectivity index (χ4v) is 6.75. The molecule has 5 heterocycles. The van der Waals surface area contributed by atoms with Gasteiger partial charge in [-0.25, -0.2) is 4.98 Å². The Hall–Kier alpha value is -2.71. The normalized spacial score (nSPS) is 30.7. The average molecular weight is 449 g/mol. The molecule has 4 aliphatic heterocycles. The zero-order valence-electron chi connectivity index (χ0n) is 19.0.